The van der Waals surface area contributed by atoms with Crippen molar-refractivity contribution in [3.05, 3.63) is 53.3 Å². The second kappa shape index (κ2) is 6.59. The molecule has 142 valence electrons. The van der Waals surface area contributed by atoms with Gasteiger partial charge in [-0.3, -0.25) is 4.68 Å². The Morgan fingerprint density at radius 1 is 1.14 bits per heavy atom. The van der Waals surface area contributed by atoms with Crippen molar-refractivity contribution in [2.45, 2.75) is 45.4 Å². The molecule has 0 radical (unpaired) electrons. The molecule has 0 aliphatic heterocycles. The first-order chi connectivity index (χ1) is 13.6. The van der Waals surface area contributed by atoms with E-state index in [9.17, 15) is 0 Å². The predicted molar refractivity (Wildman–Crippen MR) is 112 cm³/mol. The van der Waals surface area contributed by atoms with Crippen LogP contribution in [0.25, 0.3) is 33.8 Å². The Morgan fingerprint density at radius 2 is 2.04 bits per heavy atom. The van der Waals surface area contributed by atoms with Gasteiger partial charge in [-0.2, -0.15) is 5.10 Å². The van der Waals surface area contributed by atoms with Crippen LogP contribution in [0.15, 0.2) is 36.5 Å². The summed E-state index contributed by atoms with van der Waals surface area (Å²) in [5.74, 6) is 1.41. The van der Waals surface area contributed by atoms with Crippen LogP contribution in [0.2, 0.25) is 0 Å². The zero-order chi connectivity index (χ0) is 19.3. The van der Waals surface area contributed by atoms with E-state index in [1.54, 1.807) is 0 Å². The lowest BCUT2D eigenvalue weighted by Crippen LogP contribution is -1.96. The summed E-state index contributed by atoms with van der Waals surface area (Å²) in [5, 5.41) is 4.55. The molecular weight excluding hydrogens is 346 g/mol. The summed E-state index contributed by atoms with van der Waals surface area (Å²) < 4.78 is 1.87. The molecular formula is C23H25N5. The van der Waals surface area contributed by atoms with Gasteiger partial charge in [-0.05, 0) is 60.9 Å². The molecule has 0 saturated carbocycles. The average Bonchev–Trinajstić information content (AvgIpc) is 3.22. The topological polar surface area (TPSA) is 59.4 Å². The van der Waals surface area contributed by atoms with Crippen LogP contribution >= 0.6 is 0 Å². The van der Waals surface area contributed by atoms with E-state index < -0.39 is 0 Å². The first-order valence-electron chi connectivity index (χ1n) is 10.1. The van der Waals surface area contributed by atoms with Crippen LogP contribution in [-0.2, 0) is 13.5 Å². The molecule has 5 rings (SSSR count). The fraction of sp³-hybridized carbons (Fsp3) is 0.348. The number of rotatable bonds is 2. The molecule has 1 unspecified atom stereocenters. The lowest BCUT2D eigenvalue weighted by Gasteiger charge is -2.14. The highest BCUT2D eigenvalue weighted by molar-refractivity contribution is 5.91. The summed E-state index contributed by atoms with van der Waals surface area (Å²) in [4.78, 5) is 12.6. The number of nitrogens with one attached hydrogen (secondary N) is 1. The van der Waals surface area contributed by atoms with E-state index in [-0.39, 0.29) is 0 Å². The van der Waals surface area contributed by atoms with Crippen LogP contribution in [-0.4, -0.2) is 24.7 Å². The molecule has 0 spiro atoms. The normalized spacial score (nSPS) is 16.9. The van der Waals surface area contributed by atoms with Gasteiger partial charge < -0.3 is 4.98 Å². The van der Waals surface area contributed by atoms with E-state index in [0.29, 0.717) is 5.92 Å². The second-order valence-corrected chi connectivity index (χ2v) is 8.00. The van der Waals surface area contributed by atoms with Crippen molar-refractivity contribution in [1.29, 1.82) is 0 Å². The van der Waals surface area contributed by atoms with Gasteiger partial charge in [-0.1, -0.05) is 31.5 Å². The van der Waals surface area contributed by atoms with Gasteiger partial charge in [0.15, 0.2) is 11.5 Å². The van der Waals surface area contributed by atoms with Crippen LogP contribution in [0.5, 0.6) is 0 Å². The van der Waals surface area contributed by atoms with Crippen LogP contribution in [0, 0.1) is 6.92 Å². The van der Waals surface area contributed by atoms with Crippen molar-refractivity contribution in [3.8, 4) is 22.6 Å². The Bertz CT molecular complexity index is 1150. The van der Waals surface area contributed by atoms with Crippen LogP contribution in [0.3, 0.4) is 0 Å². The molecule has 1 aliphatic rings. The third-order valence-corrected chi connectivity index (χ3v) is 6.07. The largest absolute Gasteiger partial charge is 0.335 e. The lowest BCUT2D eigenvalue weighted by molar-refractivity contribution is 0.635. The van der Waals surface area contributed by atoms with E-state index in [2.05, 4.69) is 46.3 Å². The molecule has 0 fully saturated rings. The number of pyridine rings is 1. The summed E-state index contributed by atoms with van der Waals surface area (Å²) in [5.41, 5.74) is 9.04. The van der Waals surface area contributed by atoms with Crippen LogP contribution < -0.4 is 0 Å². The summed E-state index contributed by atoms with van der Waals surface area (Å²) in [6.07, 6.45) is 6.90. The van der Waals surface area contributed by atoms with Crippen molar-refractivity contribution in [1.82, 2.24) is 24.7 Å². The highest BCUT2D eigenvalue weighted by Gasteiger charge is 2.17. The fourth-order valence-electron chi connectivity index (χ4n) is 4.34. The Kier molecular flexibility index (Phi) is 4.04. The lowest BCUT2D eigenvalue weighted by atomic mass is 9.91. The maximum Gasteiger partial charge on any atom is 0.178 e. The number of aromatic amines is 1. The molecule has 3 heterocycles. The van der Waals surface area contributed by atoms with Crippen molar-refractivity contribution in [3.63, 3.8) is 0 Å². The van der Waals surface area contributed by atoms with Gasteiger partial charge in [0.2, 0.25) is 0 Å². The van der Waals surface area contributed by atoms with Gasteiger partial charge in [0.1, 0.15) is 5.69 Å². The highest BCUT2D eigenvalue weighted by atomic mass is 15.3. The third-order valence-electron chi connectivity index (χ3n) is 6.07. The zero-order valence-electron chi connectivity index (χ0n) is 16.7. The minimum Gasteiger partial charge on any atom is -0.335 e. The van der Waals surface area contributed by atoms with Crippen molar-refractivity contribution < 1.29 is 0 Å². The van der Waals surface area contributed by atoms with E-state index in [4.69, 9.17) is 4.98 Å². The molecule has 0 saturated heterocycles. The molecule has 28 heavy (non-hydrogen) atoms. The summed E-state index contributed by atoms with van der Waals surface area (Å²) in [6.45, 7) is 4.39. The van der Waals surface area contributed by atoms with E-state index in [0.717, 1.165) is 33.9 Å². The average molecular weight is 371 g/mol. The highest BCUT2D eigenvalue weighted by Crippen LogP contribution is 2.35. The number of H-pyrrole nitrogens is 1. The number of aromatic nitrogens is 5. The maximum absolute atomic E-state index is 4.70. The van der Waals surface area contributed by atoms with Gasteiger partial charge in [-0.15, -0.1) is 0 Å². The number of nitrogens with zero attached hydrogens (tertiary/aromatic N) is 4. The molecule has 1 aromatic carbocycles. The van der Waals surface area contributed by atoms with E-state index >= 15 is 0 Å². The van der Waals surface area contributed by atoms with Gasteiger partial charge in [-0.25, -0.2) is 9.97 Å². The van der Waals surface area contributed by atoms with E-state index in [1.807, 2.05) is 30.9 Å². The number of imidazole rings is 1. The van der Waals surface area contributed by atoms with Gasteiger partial charge in [0.05, 0.1) is 5.52 Å². The SMILES string of the molecule is Cc1cc(-c2nc3nccc(-c4ccc5c(c4)CCCCC5C)c3[nH]2)nn1C. The summed E-state index contributed by atoms with van der Waals surface area (Å²) in [6, 6.07) is 11.1. The molecule has 0 amide bonds. The number of aryl methyl sites for hydroxylation is 3. The number of fused-ring (bicyclic) bond motifs is 2. The quantitative estimate of drug-likeness (QED) is 0.495. The van der Waals surface area contributed by atoms with Gasteiger partial charge >= 0.3 is 0 Å². The Morgan fingerprint density at radius 3 is 2.86 bits per heavy atom. The monoisotopic (exact) mass is 371 g/mol. The summed E-state index contributed by atoms with van der Waals surface area (Å²) >= 11 is 0. The van der Waals surface area contributed by atoms with Crippen LogP contribution in [0.1, 0.15) is 48.9 Å². The molecule has 1 aliphatic carbocycles. The Balaban J connectivity index is 1.62. The standard InChI is InChI=1S/C23H25N5/c1-14-6-4-5-7-16-13-17(8-9-18(14)16)19-10-11-24-23-21(19)25-22(26-23)20-12-15(2)28(3)27-20/h8-14H,4-7H2,1-3H3,(H,24,25,26). The zero-order valence-corrected chi connectivity index (χ0v) is 16.7. The van der Waals surface area contributed by atoms with Crippen molar-refractivity contribution >= 4 is 11.2 Å². The predicted octanol–water partition coefficient (Wildman–Crippen LogP) is 5.16. The molecule has 1 atom stereocenters. The van der Waals surface area contributed by atoms with Gasteiger partial charge in [0, 0.05) is 24.5 Å². The number of benzene rings is 1. The van der Waals surface area contributed by atoms with Crippen molar-refractivity contribution in [2.24, 2.45) is 7.05 Å². The first kappa shape index (κ1) is 17.2. The minimum absolute atomic E-state index is 0.648. The Labute approximate surface area is 164 Å². The minimum atomic E-state index is 0.648. The first-order valence-corrected chi connectivity index (χ1v) is 10.1. The number of hydrogen-bond donors (Lipinski definition) is 1. The second-order valence-electron chi connectivity index (χ2n) is 8.00. The molecule has 1 N–H and O–H groups in total. The van der Waals surface area contributed by atoms with Gasteiger partial charge in [0.25, 0.3) is 0 Å². The van der Waals surface area contributed by atoms with Crippen molar-refractivity contribution in [2.75, 3.05) is 0 Å². The maximum atomic E-state index is 4.70. The fourth-order valence-corrected chi connectivity index (χ4v) is 4.34. The molecule has 3 aromatic heterocycles. The number of hydrogen-bond acceptors (Lipinski definition) is 3. The smallest absolute Gasteiger partial charge is 0.178 e. The molecule has 5 nitrogen and oxygen atoms in total. The molecule has 4 aromatic rings. The third kappa shape index (κ3) is 2.82. The Hall–Kier alpha value is -2.95. The summed E-state index contributed by atoms with van der Waals surface area (Å²) in [7, 11) is 1.95. The molecule has 5 heteroatoms. The van der Waals surface area contributed by atoms with E-state index in [1.165, 1.54) is 42.4 Å². The van der Waals surface area contributed by atoms with Crippen LogP contribution in [0.4, 0.5) is 0 Å². The molecule has 0 bridgehead atoms.